The van der Waals surface area contributed by atoms with Crippen molar-refractivity contribution in [1.82, 2.24) is 4.98 Å². The van der Waals surface area contributed by atoms with Crippen LogP contribution in [0.4, 0.5) is 0 Å². The quantitative estimate of drug-likeness (QED) is 0.664. The molecular weight excluding hydrogens is 338 g/mol. The summed E-state index contributed by atoms with van der Waals surface area (Å²) in [6.45, 7) is 1.05. The number of halogens is 1. The van der Waals surface area contributed by atoms with E-state index in [4.69, 9.17) is 4.74 Å². The molecule has 2 rings (SSSR count). The van der Waals surface area contributed by atoms with E-state index in [0.717, 1.165) is 4.47 Å². The highest BCUT2D eigenvalue weighted by molar-refractivity contribution is 9.10. The zero-order valence-corrected chi connectivity index (χ0v) is 12.8. The van der Waals surface area contributed by atoms with E-state index in [1.807, 2.05) is 0 Å². The van der Waals surface area contributed by atoms with Crippen molar-refractivity contribution >= 4 is 33.5 Å². The molecule has 1 heterocycles. The minimum absolute atomic E-state index is 0.142. The predicted octanol–water partition coefficient (Wildman–Crippen LogP) is 3.02. The van der Waals surface area contributed by atoms with Crippen LogP contribution in [0.2, 0.25) is 0 Å². The Labute approximate surface area is 129 Å². The third-order valence-electron chi connectivity index (χ3n) is 2.81. The first-order chi connectivity index (χ1) is 9.97. The highest BCUT2D eigenvalue weighted by Gasteiger charge is 2.14. The summed E-state index contributed by atoms with van der Waals surface area (Å²) in [5, 5.41) is 0. The maximum Gasteiger partial charge on any atom is 0.355 e. The number of ether oxygens (including phenoxy) is 1. The second kappa shape index (κ2) is 6.49. The molecule has 0 bridgehead atoms. The summed E-state index contributed by atoms with van der Waals surface area (Å²) in [5.74, 6) is -1.13. The number of Topliss-reactive ketones (excluding diaryl/α,β-unsaturated/α-hetero) is 2. The molecule has 0 fully saturated rings. The van der Waals surface area contributed by atoms with Gasteiger partial charge in [0.1, 0.15) is 5.69 Å². The number of rotatable bonds is 5. The topological polar surface area (TPSA) is 76.2 Å². The van der Waals surface area contributed by atoms with Crippen molar-refractivity contribution in [2.75, 3.05) is 6.61 Å². The zero-order valence-electron chi connectivity index (χ0n) is 11.2. The molecule has 0 spiro atoms. The molecular formula is C15H12BrNO4. The van der Waals surface area contributed by atoms with Crippen LogP contribution in [0.25, 0.3) is 0 Å². The molecule has 0 radical (unpaired) electrons. The average molecular weight is 350 g/mol. The number of aromatic nitrogens is 1. The minimum Gasteiger partial charge on any atom is -0.453 e. The van der Waals surface area contributed by atoms with Crippen molar-refractivity contribution in [3.63, 3.8) is 0 Å². The number of carbonyl (C=O) groups is 3. The van der Waals surface area contributed by atoms with Gasteiger partial charge in [0, 0.05) is 21.8 Å². The molecule has 1 aromatic carbocycles. The first-order valence-electron chi connectivity index (χ1n) is 6.12. The van der Waals surface area contributed by atoms with Crippen molar-refractivity contribution in [3.8, 4) is 0 Å². The van der Waals surface area contributed by atoms with Crippen LogP contribution in [0.1, 0.15) is 38.1 Å². The van der Waals surface area contributed by atoms with Gasteiger partial charge < -0.3 is 9.72 Å². The average Bonchev–Trinajstić information content (AvgIpc) is 2.95. The molecule has 0 saturated heterocycles. The summed E-state index contributed by atoms with van der Waals surface area (Å²) in [7, 11) is 0. The molecule has 2 aromatic rings. The summed E-state index contributed by atoms with van der Waals surface area (Å²) >= 11 is 3.27. The van der Waals surface area contributed by atoms with Gasteiger partial charge in [0.25, 0.3) is 0 Å². The maximum atomic E-state index is 11.8. The lowest BCUT2D eigenvalue weighted by molar-refractivity contribution is 0.0469. The Kier molecular flexibility index (Phi) is 4.70. The van der Waals surface area contributed by atoms with Crippen LogP contribution in [-0.4, -0.2) is 29.1 Å². The monoisotopic (exact) mass is 349 g/mol. The number of esters is 1. The molecule has 21 heavy (non-hydrogen) atoms. The fraction of sp³-hybridized carbons (Fsp3) is 0.133. The standard InChI is InChI=1S/C15H12BrNO4/c1-9(18)11-6-13(17-7-11)15(20)21-8-14(19)10-2-4-12(16)5-3-10/h2-7,17H,8H2,1H3. The number of benzene rings is 1. The van der Waals surface area contributed by atoms with Gasteiger partial charge in [-0.1, -0.05) is 28.1 Å². The molecule has 6 heteroatoms. The Morgan fingerprint density at radius 1 is 1.14 bits per heavy atom. The van der Waals surface area contributed by atoms with Crippen molar-refractivity contribution in [2.45, 2.75) is 6.92 Å². The van der Waals surface area contributed by atoms with E-state index in [1.165, 1.54) is 19.2 Å². The Bertz CT molecular complexity index is 688. The summed E-state index contributed by atoms with van der Waals surface area (Å²) in [6, 6.07) is 8.15. The lowest BCUT2D eigenvalue weighted by atomic mass is 10.1. The molecule has 0 aliphatic rings. The Balaban J connectivity index is 1.95. The Morgan fingerprint density at radius 3 is 2.38 bits per heavy atom. The number of ketones is 2. The number of nitrogens with one attached hydrogen (secondary N) is 1. The molecule has 0 aliphatic heterocycles. The van der Waals surface area contributed by atoms with E-state index >= 15 is 0 Å². The summed E-state index contributed by atoms with van der Waals surface area (Å²) < 4.78 is 5.79. The lowest BCUT2D eigenvalue weighted by Gasteiger charge is -2.03. The maximum absolute atomic E-state index is 11.8. The van der Waals surface area contributed by atoms with Gasteiger partial charge in [0.05, 0.1) is 0 Å². The fourth-order valence-corrected chi connectivity index (χ4v) is 1.91. The highest BCUT2D eigenvalue weighted by atomic mass is 79.9. The SMILES string of the molecule is CC(=O)c1c[nH]c(C(=O)OCC(=O)c2ccc(Br)cc2)c1. The van der Waals surface area contributed by atoms with Crippen LogP contribution >= 0.6 is 15.9 Å². The van der Waals surface area contributed by atoms with Gasteiger partial charge in [-0.3, -0.25) is 9.59 Å². The number of hydrogen-bond acceptors (Lipinski definition) is 4. The molecule has 5 nitrogen and oxygen atoms in total. The van der Waals surface area contributed by atoms with Crippen molar-refractivity contribution < 1.29 is 19.1 Å². The van der Waals surface area contributed by atoms with E-state index in [9.17, 15) is 14.4 Å². The van der Waals surface area contributed by atoms with Crippen LogP contribution in [0, 0.1) is 0 Å². The van der Waals surface area contributed by atoms with Crippen LogP contribution in [0.15, 0.2) is 41.0 Å². The van der Waals surface area contributed by atoms with Gasteiger partial charge in [0.15, 0.2) is 18.2 Å². The molecule has 0 unspecified atom stereocenters. The Morgan fingerprint density at radius 2 is 1.81 bits per heavy atom. The lowest BCUT2D eigenvalue weighted by Crippen LogP contribution is -2.14. The van der Waals surface area contributed by atoms with Crippen molar-refractivity contribution in [3.05, 3.63) is 57.8 Å². The van der Waals surface area contributed by atoms with Crippen LogP contribution in [-0.2, 0) is 4.74 Å². The molecule has 0 amide bonds. The second-order valence-electron chi connectivity index (χ2n) is 4.36. The number of H-pyrrole nitrogens is 1. The van der Waals surface area contributed by atoms with E-state index in [1.54, 1.807) is 24.3 Å². The normalized spacial score (nSPS) is 10.2. The first-order valence-corrected chi connectivity index (χ1v) is 6.92. The molecule has 0 aliphatic carbocycles. The third kappa shape index (κ3) is 3.88. The Hall–Kier alpha value is -2.21. The first kappa shape index (κ1) is 15.2. The van der Waals surface area contributed by atoms with E-state index in [0.29, 0.717) is 11.1 Å². The van der Waals surface area contributed by atoms with Crippen LogP contribution in [0.3, 0.4) is 0 Å². The van der Waals surface area contributed by atoms with Gasteiger partial charge in [-0.2, -0.15) is 0 Å². The van der Waals surface area contributed by atoms with Crippen molar-refractivity contribution in [1.29, 1.82) is 0 Å². The fourth-order valence-electron chi connectivity index (χ4n) is 1.64. The molecule has 1 aromatic heterocycles. The minimum atomic E-state index is -0.673. The molecule has 0 saturated carbocycles. The number of aromatic amines is 1. The molecule has 0 atom stereocenters. The van der Waals surface area contributed by atoms with E-state index < -0.39 is 5.97 Å². The largest absolute Gasteiger partial charge is 0.453 e. The van der Waals surface area contributed by atoms with Crippen LogP contribution < -0.4 is 0 Å². The van der Waals surface area contributed by atoms with E-state index in [2.05, 4.69) is 20.9 Å². The van der Waals surface area contributed by atoms with E-state index in [-0.39, 0.29) is 23.9 Å². The van der Waals surface area contributed by atoms with Gasteiger partial charge in [-0.25, -0.2) is 4.79 Å². The summed E-state index contributed by atoms with van der Waals surface area (Å²) in [6.07, 6.45) is 1.43. The van der Waals surface area contributed by atoms with Crippen molar-refractivity contribution in [2.24, 2.45) is 0 Å². The summed E-state index contributed by atoms with van der Waals surface area (Å²) in [4.78, 5) is 37.4. The molecule has 108 valence electrons. The van der Waals surface area contributed by atoms with Gasteiger partial charge in [-0.05, 0) is 25.1 Å². The van der Waals surface area contributed by atoms with Crippen LogP contribution in [0.5, 0.6) is 0 Å². The van der Waals surface area contributed by atoms with Gasteiger partial charge >= 0.3 is 5.97 Å². The summed E-state index contributed by atoms with van der Waals surface area (Å²) in [5.41, 5.74) is 0.993. The molecule has 1 N–H and O–H groups in total. The highest BCUT2D eigenvalue weighted by Crippen LogP contribution is 2.11. The predicted molar refractivity (Wildman–Crippen MR) is 79.6 cm³/mol. The van der Waals surface area contributed by atoms with Gasteiger partial charge in [-0.15, -0.1) is 0 Å². The smallest absolute Gasteiger partial charge is 0.355 e. The second-order valence-corrected chi connectivity index (χ2v) is 5.28. The third-order valence-corrected chi connectivity index (χ3v) is 3.34. The zero-order chi connectivity index (χ0) is 15.4. The van der Waals surface area contributed by atoms with Gasteiger partial charge in [0.2, 0.25) is 0 Å². The number of carbonyl (C=O) groups excluding carboxylic acids is 3. The number of hydrogen-bond donors (Lipinski definition) is 1.